The Morgan fingerprint density at radius 1 is 0.296 bits per heavy atom. The zero-order valence-corrected chi connectivity index (χ0v) is 38.8. The summed E-state index contributed by atoms with van der Waals surface area (Å²) in [5.74, 6) is 0. The Labute approximate surface area is 413 Å². The molecule has 1 aliphatic rings. The molecule has 332 valence electrons. The van der Waals surface area contributed by atoms with Gasteiger partial charge in [0.15, 0.2) is 0 Å². The predicted molar refractivity (Wildman–Crippen MR) is 297 cm³/mol. The van der Waals surface area contributed by atoms with Crippen LogP contribution in [-0.4, -0.2) is 0 Å². The fourth-order valence-electron chi connectivity index (χ4n) is 11.7. The smallest absolute Gasteiger partial charge is 0.136 e. The second-order valence-electron chi connectivity index (χ2n) is 18.8. The average molecular weight is 904 g/mol. The zero-order chi connectivity index (χ0) is 46.9. The third-order valence-corrected chi connectivity index (χ3v) is 14.9. The summed E-state index contributed by atoms with van der Waals surface area (Å²) >= 11 is 0. The van der Waals surface area contributed by atoms with Crippen LogP contribution < -0.4 is 4.90 Å². The van der Waals surface area contributed by atoms with Crippen LogP contribution in [0.15, 0.2) is 277 Å². The van der Waals surface area contributed by atoms with Gasteiger partial charge in [-0.1, -0.05) is 212 Å². The predicted octanol–water partition coefficient (Wildman–Crippen LogP) is 18.7. The number of nitrogens with zero attached hydrogens (tertiary/aromatic N) is 1. The van der Waals surface area contributed by atoms with Crippen LogP contribution in [0.3, 0.4) is 0 Å². The molecule has 0 saturated heterocycles. The summed E-state index contributed by atoms with van der Waals surface area (Å²) in [6, 6.07) is 100.0. The van der Waals surface area contributed by atoms with Crippen LogP contribution in [0.5, 0.6) is 0 Å². The third-order valence-electron chi connectivity index (χ3n) is 14.9. The molecule has 0 N–H and O–H groups in total. The van der Waals surface area contributed by atoms with Crippen molar-refractivity contribution < 1.29 is 4.42 Å². The van der Waals surface area contributed by atoms with Gasteiger partial charge < -0.3 is 9.32 Å². The van der Waals surface area contributed by atoms with Gasteiger partial charge in [-0.3, -0.25) is 0 Å². The first-order valence-electron chi connectivity index (χ1n) is 24.5. The molecule has 2 heteroatoms. The van der Waals surface area contributed by atoms with Crippen LogP contribution in [0.4, 0.5) is 17.1 Å². The molecule has 2 nitrogen and oxygen atoms in total. The Balaban J connectivity index is 0.977. The highest BCUT2D eigenvalue weighted by Crippen LogP contribution is 2.57. The van der Waals surface area contributed by atoms with Crippen LogP contribution in [0.25, 0.3) is 88.0 Å². The lowest BCUT2D eigenvalue weighted by Gasteiger charge is -2.35. The average Bonchev–Trinajstić information content (AvgIpc) is 3.96. The van der Waals surface area contributed by atoms with Crippen molar-refractivity contribution in [2.75, 3.05) is 4.90 Å². The summed E-state index contributed by atoms with van der Waals surface area (Å²) in [6.07, 6.45) is 0. The van der Waals surface area contributed by atoms with Gasteiger partial charge in [0.05, 0.1) is 11.1 Å². The highest BCUT2D eigenvalue weighted by atomic mass is 16.3. The molecule has 0 bridgehead atoms. The Morgan fingerprint density at radius 3 is 1.61 bits per heavy atom. The minimum Gasteiger partial charge on any atom is -0.456 e. The normalized spacial score (nSPS) is 12.6. The summed E-state index contributed by atoms with van der Waals surface area (Å²) in [7, 11) is 0. The van der Waals surface area contributed by atoms with Gasteiger partial charge in [0, 0.05) is 27.7 Å². The van der Waals surface area contributed by atoms with E-state index in [9.17, 15) is 0 Å². The van der Waals surface area contributed by atoms with E-state index in [2.05, 4.69) is 278 Å². The maximum absolute atomic E-state index is 6.68. The van der Waals surface area contributed by atoms with Crippen LogP contribution >= 0.6 is 0 Å². The van der Waals surface area contributed by atoms with E-state index in [1.54, 1.807) is 0 Å². The van der Waals surface area contributed by atoms with Crippen molar-refractivity contribution in [3.8, 4) is 44.5 Å². The molecule has 0 radical (unpaired) electrons. The van der Waals surface area contributed by atoms with Crippen molar-refractivity contribution in [3.05, 3.63) is 295 Å². The lowest BCUT2D eigenvalue weighted by atomic mass is 9.67. The molecule has 14 rings (SSSR count). The van der Waals surface area contributed by atoms with Gasteiger partial charge in [-0.2, -0.15) is 0 Å². The van der Waals surface area contributed by atoms with Gasteiger partial charge in [-0.25, -0.2) is 0 Å². The Kier molecular flexibility index (Phi) is 9.47. The van der Waals surface area contributed by atoms with Gasteiger partial charge in [0.25, 0.3) is 0 Å². The number of hydrogen-bond donors (Lipinski definition) is 0. The van der Waals surface area contributed by atoms with Crippen LogP contribution in [-0.2, 0) is 5.41 Å². The van der Waals surface area contributed by atoms with Crippen LogP contribution in [0.1, 0.15) is 22.3 Å². The molecule has 13 aromatic rings. The quantitative estimate of drug-likeness (QED) is 0.151. The maximum atomic E-state index is 6.68. The van der Waals surface area contributed by atoms with E-state index in [4.69, 9.17) is 4.42 Å². The van der Waals surface area contributed by atoms with Crippen molar-refractivity contribution >= 4 is 60.5 Å². The highest BCUT2D eigenvalue weighted by Gasteiger charge is 2.46. The second kappa shape index (κ2) is 16.5. The molecule has 0 amide bonds. The maximum Gasteiger partial charge on any atom is 0.136 e. The molecular formula is C69H45NO. The van der Waals surface area contributed by atoms with Gasteiger partial charge in [-0.15, -0.1) is 0 Å². The van der Waals surface area contributed by atoms with E-state index in [1.807, 2.05) is 0 Å². The Hall–Kier alpha value is -9.24. The summed E-state index contributed by atoms with van der Waals surface area (Å²) < 4.78 is 6.68. The number of furan rings is 1. The number of rotatable bonds is 8. The minimum atomic E-state index is -0.556. The van der Waals surface area contributed by atoms with Crippen molar-refractivity contribution in [1.82, 2.24) is 0 Å². The summed E-state index contributed by atoms with van der Waals surface area (Å²) in [6.45, 7) is 0. The lowest BCUT2D eigenvalue weighted by Crippen LogP contribution is -2.28. The molecule has 1 heterocycles. The molecule has 12 aromatic carbocycles. The van der Waals surface area contributed by atoms with Crippen LogP contribution in [0, 0.1) is 0 Å². The van der Waals surface area contributed by atoms with Crippen molar-refractivity contribution in [3.63, 3.8) is 0 Å². The first kappa shape index (κ1) is 40.8. The molecule has 0 unspecified atom stereocenters. The molecule has 0 spiro atoms. The molecule has 0 saturated carbocycles. The van der Waals surface area contributed by atoms with Gasteiger partial charge >= 0.3 is 0 Å². The monoisotopic (exact) mass is 903 g/mol. The zero-order valence-electron chi connectivity index (χ0n) is 38.8. The second-order valence-corrected chi connectivity index (χ2v) is 18.8. The molecule has 0 atom stereocenters. The molecule has 71 heavy (non-hydrogen) atoms. The van der Waals surface area contributed by atoms with Crippen molar-refractivity contribution in [1.29, 1.82) is 0 Å². The third kappa shape index (κ3) is 6.57. The van der Waals surface area contributed by atoms with E-state index >= 15 is 0 Å². The number of anilines is 3. The Morgan fingerprint density at radius 2 is 0.845 bits per heavy atom. The molecular weight excluding hydrogens is 859 g/mol. The lowest BCUT2D eigenvalue weighted by molar-refractivity contribution is 0.669. The SMILES string of the molecule is c1ccc(C2(c3ccccc3)c3ccccc3-c3ccc(N(c4ccc(-c5cccc(-c6ccc7ccccc7c6)c5)cc4)c4ccccc4-c4cccc5oc6cc7ccccc7cc6c45)cc32)cc1. The molecule has 0 fully saturated rings. The van der Waals surface area contributed by atoms with E-state index in [-0.39, 0.29) is 0 Å². The van der Waals surface area contributed by atoms with Crippen LogP contribution in [0.2, 0.25) is 0 Å². The highest BCUT2D eigenvalue weighted by molar-refractivity contribution is 6.16. The Bertz CT molecular complexity index is 4130. The van der Waals surface area contributed by atoms with E-state index in [0.29, 0.717) is 0 Å². The first-order valence-corrected chi connectivity index (χ1v) is 24.5. The van der Waals surface area contributed by atoms with Gasteiger partial charge in [-0.05, 0) is 143 Å². The van der Waals surface area contributed by atoms with E-state index in [0.717, 1.165) is 61.1 Å². The van der Waals surface area contributed by atoms with E-state index in [1.165, 1.54) is 66.2 Å². The number of benzene rings is 12. The standard InChI is InChI=1S/C69H45NO/c1-3-23-54(24-4-1)69(55-25-5-2-6-26-55)63-30-13-11-27-58(63)59-40-39-57(45-64(59)69)70(56-37-35-47(36-38-56)49-21-15-22-50(41-49)53-34-33-46-17-7-8-18-48(46)42-53)65-31-14-12-28-60(65)61-29-16-32-66-68(61)62-43-51-19-9-10-20-52(51)44-67(62)71-66/h1-45H. The first-order chi connectivity index (χ1) is 35.2. The van der Waals surface area contributed by atoms with E-state index < -0.39 is 5.41 Å². The number of hydrogen-bond acceptors (Lipinski definition) is 2. The molecule has 0 aliphatic heterocycles. The molecule has 1 aliphatic carbocycles. The summed E-state index contributed by atoms with van der Waals surface area (Å²) in [5, 5.41) is 7.06. The number of fused-ring (bicyclic) bond motifs is 8. The largest absolute Gasteiger partial charge is 0.456 e. The van der Waals surface area contributed by atoms with Crippen molar-refractivity contribution in [2.45, 2.75) is 5.41 Å². The summed E-state index contributed by atoms with van der Waals surface area (Å²) in [4.78, 5) is 2.46. The fourth-order valence-corrected chi connectivity index (χ4v) is 11.7. The fraction of sp³-hybridized carbons (Fsp3) is 0.0145. The van der Waals surface area contributed by atoms with Gasteiger partial charge in [0.1, 0.15) is 11.2 Å². The van der Waals surface area contributed by atoms with Crippen molar-refractivity contribution in [2.24, 2.45) is 0 Å². The topological polar surface area (TPSA) is 16.4 Å². The van der Waals surface area contributed by atoms with Gasteiger partial charge in [0.2, 0.25) is 0 Å². The summed E-state index contributed by atoms with van der Waals surface area (Å²) in [5.41, 5.74) is 18.9. The minimum absolute atomic E-state index is 0.556. The molecule has 1 aromatic heterocycles. The number of para-hydroxylation sites is 1.